The number of nitrogen functional groups attached to an aromatic ring is 2. The molecule has 0 saturated carbocycles. The largest absolute Gasteiger partial charge is 0.511 e. The van der Waals surface area contributed by atoms with Crippen LogP contribution in [0, 0.1) is 11.8 Å². The van der Waals surface area contributed by atoms with Crippen LogP contribution in [0.2, 0.25) is 0 Å². The molecule has 39 heavy (non-hydrogen) atoms. The monoisotopic (exact) mass is 551 g/mol. The standard InChI is InChI=1S/C27H25N5O6.ClH/c1-4-32-14-22(38-27(34)35)23(33)19-8-6-15(11-20(19)32)5-7-17-9-16(12-21(36-2)24(17)37-3)10-18-13-30-26(29)31-25(18)28;/h6,8-9,11-14H,4,10H2,1-3H3,(H,34,35)(H4,28,29,30,31);1H. The highest BCUT2D eigenvalue weighted by molar-refractivity contribution is 5.85. The molecule has 202 valence electrons. The summed E-state index contributed by atoms with van der Waals surface area (Å²) in [4.78, 5) is 31.7. The van der Waals surface area contributed by atoms with E-state index in [9.17, 15) is 9.59 Å². The van der Waals surface area contributed by atoms with Crippen molar-refractivity contribution in [3.05, 3.63) is 75.2 Å². The van der Waals surface area contributed by atoms with Crippen LogP contribution in [0.15, 0.2) is 47.5 Å². The van der Waals surface area contributed by atoms with E-state index in [4.69, 9.17) is 26.0 Å². The highest BCUT2D eigenvalue weighted by atomic mass is 35.5. The lowest BCUT2D eigenvalue weighted by molar-refractivity contribution is 0.144. The van der Waals surface area contributed by atoms with E-state index in [1.807, 2.05) is 19.1 Å². The zero-order valence-corrected chi connectivity index (χ0v) is 22.2. The van der Waals surface area contributed by atoms with E-state index in [0.717, 1.165) is 5.56 Å². The maximum Gasteiger partial charge on any atom is 0.511 e. The van der Waals surface area contributed by atoms with Gasteiger partial charge in [-0.1, -0.05) is 11.8 Å². The Morgan fingerprint density at radius 3 is 2.51 bits per heavy atom. The quantitative estimate of drug-likeness (QED) is 0.238. The van der Waals surface area contributed by atoms with Crippen molar-refractivity contribution < 1.29 is 24.1 Å². The molecule has 0 unspecified atom stereocenters. The van der Waals surface area contributed by atoms with E-state index in [1.165, 1.54) is 20.4 Å². The zero-order valence-electron chi connectivity index (χ0n) is 21.3. The number of hydrogen-bond donors (Lipinski definition) is 3. The third kappa shape index (κ3) is 6.14. The molecule has 0 amide bonds. The Morgan fingerprint density at radius 2 is 1.87 bits per heavy atom. The van der Waals surface area contributed by atoms with Gasteiger partial charge in [-0.2, -0.15) is 4.98 Å². The van der Waals surface area contributed by atoms with Gasteiger partial charge in [0, 0.05) is 35.7 Å². The van der Waals surface area contributed by atoms with Gasteiger partial charge in [0.25, 0.3) is 0 Å². The van der Waals surface area contributed by atoms with Gasteiger partial charge in [0.05, 0.1) is 31.5 Å². The van der Waals surface area contributed by atoms with Gasteiger partial charge < -0.3 is 35.4 Å². The van der Waals surface area contributed by atoms with Gasteiger partial charge in [-0.3, -0.25) is 4.79 Å². The minimum atomic E-state index is -1.55. The molecule has 2 heterocycles. The number of benzene rings is 2. The maximum atomic E-state index is 12.7. The molecule has 5 N–H and O–H groups in total. The van der Waals surface area contributed by atoms with E-state index < -0.39 is 11.6 Å². The van der Waals surface area contributed by atoms with Crippen molar-refractivity contribution in [2.24, 2.45) is 0 Å². The number of ether oxygens (including phenoxy) is 3. The number of aryl methyl sites for hydroxylation is 1. The summed E-state index contributed by atoms with van der Waals surface area (Å²) in [7, 11) is 3.07. The fraction of sp³-hybridized carbons (Fsp3) is 0.185. The van der Waals surface area contributed by atoms with Crippen molar-refractivity contribution >= 4 is 41.2 Å². The predicted molar refractivity (Wildman–Crippen MR) is 149 cm³/mol. The molecule has 4 rings (SSSR count). The average Bonchev–Trinajstić information content (AvgIpc) is 2.90. The van der Waals surface area contributed by atoms with Gasteiger partial charge >= 0.3 is 6.16 Å². The number of aromatic nitrogens is 3. The third-order valence-corrected chi connectivity index (χ3v) is 5.78. The van der Waals surface area contributed by atoms with Crippen molar-refractivity contribution in [1.82, 2.24) is 14.5 Å². The van der Waals surface area contributed by atoms with Crippen molar-refractivity contribution in [3.8, 4) is 29.1 Å². The SMILES string of the molecule is CCn1cc(OC(=O)O)c(=O)c2ccc(C#Cc3cc(Cc4cnc(N)nc4N)cc(OC)c3OC)cc21.Cl. The Balaban J connectivity index is 0.00000420. The minimum absolute atomic E-state index is 0. The summed E-state index contributed by atoms with van der Waals surface area (Å²) in [5.74, 6) is 7.33. The lowest BCUT2D eigenvalue weighted by Crippen LogP contribution is -2.16. The summed E-state index contributed by atoms with van der Waals surface area (Å²) in [6, 6.07) is 8.73. The predicted octanol–water partition coefficient (Wildman–Crippen LogP) is 3.46. The van der Waals surface area contributed by atoms with Crippen LogP contribution in [-0.4, -0.2) is 40.0 Å². The fourth-order valence-electron chi connectivity index (χ4n) is 4.02. The van der Waals surface area contributed by atoms with E-state index >= 15 is 0 Å². The lowest BCUT2D eigenvalue weighted by atomic mass is 10.0. The molecule has 2 aromatic heterocycles. The molecule has 0 aliphatic rings. The van der Waals surface area contributed by atoms with Gasteiger partial charge in [0.15, 0.2) is 17.2 Å². The summed E-state index contributed by atoms with van der Waals surface area (Å²) < 4.78 is 17.5. The number of anilines is 2. The molecule has 0 aliphatic carbocycles. The number of nitrogens with zero attached hydrogens (tertiary/aromatic N) is 3. The Morgan fingerprint density at radius 1 is 1.10 bits per heavy atom. The molecule has 4 aromatic rings. The highest BCUT2D eigenvalue weighted by Crippen LogP contribution is 2.33. The normalized spacial score (nSPS) is 10.2. The van der Waals surface area contributed by atoms with Gasteiger partial charge in [0.1, 0.15) is 5.82 Å². The number of hydrogen-bond acceptors (Lipinski definition) is 9. The molecule has 0 fully saturated rings. The van der Waals surface area contributed by atoms with Crippen LogP contribution in [-0.2, 0) is 13.0 Å². The number of nitrogens with two attached hydrogens (primary N) is 2. The summed E-state index contributed by atoms with van der Waals surface area (Å²) >= 11 is 0. The molecular formula is C27H26ClN5O6. The number of carbonyl (C=O) groups is 1. The van der Waals surface area contributed by atoms with Crippen LogP contribution in [0.25, 0.3) is 10.9 Å². The second-order valence-corrected chi connectivity index (χ2v) is 8.15. The minimum Gasteiger partial charge on any atom is -0.493 e. The number of halogens is 1. The molecule has 0 atom stereocenters. The van der Waals surface area contributed by atoms with Crippen LogP contribution < -0.4 is 31.1 Å². The third-order valence-electron chi connectivity index (χ3n) is 5.78. The number of pyridine rings is 1. The summed E-state index contributed by atoms with van der Waals surface area (Å²) in [6.07, 6.45) is 1.82. The van der Waals surface area contributed by atoms with Crippen molar-refractivity contribution in [2.45, 2.75) is 19.9 Å². The maximum absolute atomic E-state index is 12.7. The second-order valence-electron chi connectivity index (χ2n) is 8.15. The van der Waals surface area contributed by atoms with Crippen molar-refractivity contribution in [2.75, 3.05) is 25.7 Å². The Bertz CT molecular complexity index is 1680. The molecule has 11 nitrogen and oxygen atoms in total. The smallest absolute Gasteiger partial charge is 0.493 e. The van der Waals surface area contributed by atoms with Gasteiger partial charge in [-0.25, -0.2) is 9.78 Å². The molecule has 0 aliphatic heterocycles. The van der Waals surface area contributed by atoms with Crippen molar-refractivity contribution in [3.63, 3.8) is 0 Å². The number of methoxy groups -OCH3 is 2. The van der Waals surface area contributed by atoms with Gasteiger partial charge in [0.2, 0.25) is 11.4 Å². The Kier molecular flexibility index (Phi) is 8.85. The zero-order chi connectivity index (χ0) is 27.4. The molecule has 2 aromatic carbocycles. The summed E-state index contributed by atoms with van der Waals surface area (Å²) in [6.45, 7) is 2.35. The highest BCUT2D eigenvalue weighted by Gasteiger charge is 2.15. The van der Waals surface area contributed by atoms with E-state index in [0.29, 0.717) is 52.1 Å². The second kappa shape index (κ2) is 12.1. The summed E-state index contributed by atoms with van der Waals surface area (Å²) in [5.41, 5.74) is 14.4. The first-order valence-corrected chi connectivity index (χ1v) is 11.5. The van der Waals surface area contributed by atoms with Crippen LogP contribution >= 0.6 is 12.4 Å². The average molecular weight is 552 g/mol. The van der Waals surface area contributed by atoms with Crippen LogP contribution in [0.3, 0.4) is 0 Å². The first-order chi connectivity index (χ1) is 18.2. The molecular weight excluding hydrogens is 526 g/mol. The summed E-state index contributed by atoms with van der Waals surface area (Å²) in [5, 5.41) is 9.25. The van der Waals surface area contributed by atoms with Crippen molar-refractivity contribution in [1.29, 1.82) is 0 Å². The molecule has 0 bridgehead atoms. The van der Waals surface area contributed by atoms with Crippen LogP contribution in [0.4, 0.5) is 16.6 Å². The Labute approximate surface area is 229 Å². The van der Waals surface area contributed by atoms with E-state index in [1.54, 1.807) is 29.0 Å². The number of carboxylic acid groups (broad SMARTS) is 1. The first kappa shape index (κ1) is 28.6. The fourth-order valence-corrected chi connectivity index (χ4v) is 4.02. The first-order valence-electron chi connectivity index (χ1n) is 11.5. The molecule has 12 heteroatoms. The number of rotatable bonds is 6. The van der Waals surface area contributed by atoms with Gasteiger partial charge in [-0.15, -0.1) is 12.4 Å². The van der Waals surface area contributed by atoms with Gasteiger partial charge in [-0.05, 0) is 42.8 Å². The van der Waals surface area contributed by atoms with Crippen LogP contribution in [0.5, 0.6) is 17.2 Å². The molecule has 0 radical (unpaired) electrons. The number of fused-ring (bicyclic) bond motifs is 1. The lowest BCUT2D eigenvalue weighted by Gasteiger charge is -2.13. The van der Waals surface area contributed by atoms with Crippen LogP contribution in [0.1, 0.15) is 29.2 Å². The van der Waals surface area contributed by atoms with E-state index in [-0.39, 0.29) is 29.9 Å². The molecule has 0 saturated heterocycles. The topological polar surface area (TPSA) is 165 Å². The molecule has 0 spiro atoms. The van der Waals surface area contributed by atoms with E-state index in [2.05, 4.69) is 26.5 Å². The Hall–Kier alpha value is -4.95.